The topological polar surface area (TPSA) is 51.8 Å². The van der Waals surface area contributed by atoms with Gasteiger partial charge in [-0.05, 0) is 5.21 Å². The highest BCUT2D eigenvalue weighted by atomic mass is 127. The van der Waals surface area contributed by atoms with Gasteiger partial charge in [-0.15, -0.1) is 0 Å². The average molecular weight is 197 g/mol. The number of rotatable bonds is 0. The van der Waals surface area contributed by atoms with E-state index in [0.717, 1.165) is 0 Å². The third kappa shape index (κ3) is 0.644. The van der Waals surface area contributed by atoms with Gasteiger partial charge in [0.05, 0.1) is 5.27 Å². The summed E-state index contributed by atoms with van der Waals surface area (Å²) in [6, 6.07) is 0. The van der Waals surface area contributed by atoms with Crippen molar-refractivity contribution < 1.29 is 4.52 Å². The molecule has 1 rings (SSSR count). The van der Waals surface area contributed by atoms with Crippen molar-refractivity contribution in [3.8, 4) is 0 Å². The summed E-state index contributed by atoms with van der Waals surface area (Å²) in [6.45, 7) is 0. The first-order chi connectivity index (χ1) is 2.89. The fourth-order valence-electron chi connectivity index (χ4n) is 0.124. The predicted molar refractivity (Wildman–Crippen MR) is 24.8 cm³/mol. The van der Waals surface area contributed by atoms with Crippen LogP contribution in [0.3, 0.4) is 0 Å². The lowest BCUT2D eigenvalue weighted by atomic mass is 11.5. The highest BCUT2D eigenvalue weighted by Gasteiger charge is 1.84. The van der Waals surface area contributed by atoms with Crippen LogP contribution < -0.4 is 0 Å². The van der Waals surface area contributed by atoms with Gasteiger partial charge >= 0.3 is 3.90 Å². The molecule has 0 aliphatic heterocycles. The van der Waals surface area contributed by atoms with Crippen molar-refractivity contribution in [2.45, 2.75) is 0 Å². The molecular weight excluding hydrogens is 197 g/mol. The van der Waals surface area contributed by atoms with Crippen molar-refractivity contribution in [1.29, 1.82) is 0 Å². The molecule has 0 atom stereocenters. The molecule has 4 nitrogen and oxygen atoms in total. The van der Waals surface area contributed by atoms with Gasteiger partial charge in [0.1, 0.15) is 0 Å². The van der Waals surface area contributed by atoms with Gasteiger partial charge in [-0.1, -0.05) is 5.10 Å². The largest absolute Gasteiger partial charge is 0.309 e. The number of hydrogen-bond donors (Lipinski definition) is 0. The fraction of sp³-hybridized carbons (Fsp3) is 0. The molecule has 0 amide bonds. The van der Waals surface area contributed by atoms with E-state index in [1.165, 1.54) is 0 Å². The summed E-state index contributed by atoms with van der Waals surface area (Å²) in [4.78, 5) is 0. The van der Waals surface area contributed by atoms with Gasteiger partial charge in [-0.25, -0.2) is 0 Å². The molecule has 0 spiro atoms. The Morgan fingerprint density at radius 1 is 1.67 bits per heavy atom. The Hall–Kier alpha value is -0.200. The van der Waals surface area contributed by atoms with E-state index in [9.17, 15) is 0 Å². The Labute approximate surface area is 47.0 Å². The Morgan fingerprint density at radius 2 is 2.50 bits per heavy atom. The first-order valence-electron chi connectivity index (χ1n) is 1.20. The summed E-state index contributed by atoms with van der Waals surface area (Å²) >= 11 is 1.87. The van der Waals surface area contributed by atoms with Crippen molar-refractivity contribution in [1.82, 2.24) is 15.6 Å². The lowest BCUT2D eigenvalue weighted by Gasteiger charge is -1.56. The molecule has 1 heterocycles. The molecule has 0 aromatic carbocycles. The maximum Gasteiger partial charge on any atom is 0.307 e. The van der Waals surface area contributed by atoms with Gasteiger partial charge < -0.3 is 4.52 Å². The zero-order chi connectivity index (χ0) is 4.41. The standard InChI is InChI=1S/CIN3O/c2-1-3-4-5-6-1. The molecule has 32 valence electrons. The molecule has 0 saturated heterocycles. The van der Waals surface area contributed by atoms with Crippen LogP contribution in [0.25, 0.3) is 0 Å². The summed E-state index contributed by atoms with van der Waals surface area (Å²) in [5.74, 6) is 0. The van der Waals surface area contributed by atoms with Gasteiger partial charge in [0, 0.05) is 22.6 Å². The predicted octanol–water partition coefficient (Wildman–Crippen LogP) is 0.0692. The smallest absolute Gasteiger partial charge is 0.307 e. The zero-order valence-electron chi connectivity index (χ0n) is 2.63. The molecule has 0 aliphatic carbocycles. The molecular formula is CIN3O. The molecule has 0 fully saturated rings. The molecule has 1 aromatic heterocycles. The quantitative estimate of drug-likeness (QED) is 0.552. The molecule has 0 unspecified atom stereocenters. The average Bonchev–Trinajstić information content (AvgIpc) is 1.86. The maximum atomic E-state index is 4.35. The van der Waals surface area contributed by atoms with E-state index in [1.807, 2.05) is 22.6 Å². The Morgan fingerprint density at radius 3 is 2.67 bits per heavy atom. The second-order valence-electron chi connectivity index (χ2n) is 0.615. The SMILES string of the molecule is Ic1nnno1. The molecule has 5 heteroatoms. The molecule has 0 aliphatic rings. The number of nitrogens with zero attached hydrogens (tertiary/aromatic N) is 3. The molecule has 0 radical (unpaired) electrons. The van der Waals surface area contributed by atoms with E-state index < -0.39 is 0 Å². The van der Waals surface area contributed by atoms with E-state index in [2.05, 4.69) is 20.1 Å². The van der Waals surface area contributed by atoms with Crippen molar-refractivity contribution in [3.05, 3.63) is 3.90 Å². The Kier molecular flexibility index (Phi) is 0.992. The minimum atomic E-state index is 0.465. The van der Waals surface area contributed by atoms with Gasteiger partial charge in [-0.3, -0.25) is 0 Å². The lowest BCUT2D eigenvalue weighted by molar-refractivity contribution is 0.373. The molecule has 0 N–H and O–H groups in total. The van der Waals surface area contributed by atoms with Crippen LogP contribution in [0.1, 0.15) is 0 Å². The first-order valence-corrected chi connectivity index (χ1v) is 2.28. The van der Waals surface area contributed by atoms with Crippen LogP contribution in [0.5, 0.6) is 0 Å². The third-order valence-electron chi connectivity index (χ3n) is 0.276. The first kappa shape index (κ1) is 3.97. The van der Waals surface area contributed by atoms with Crippen LogP contribution in [0.4, 0.5) is 0 Å². The van der Waals surface area contributed by atoms with Crippen LogP contribution in [0.15, 0.2) is 4.52 Å². The number of halogens is 1. The van der Waals surface area contributed by atoms with Crippen molar-refractivity contribution in [3.63, 3.8) is 0 Å². The summed E-state index contributed by atoms with van der Waals surface area (Å²) in [5.41, 5.74) is 0. The fourth-order valence-corrected chi connectivity index (χ4v) is 0.308. The normalized spacial score (nSPS) is 8.83. The van der Waals surface area contributed by atoms with Gasteiger partial charge in [-0.2, -0.15) is 0 Å². The Bertz CT molecular complexity index is 114. The molecule has 0 bridgehead atoms. The number of hydrogen-bond acceptors (Lipinski definition) is 4. The van der Waals surface area contributed by atoms with Gasteiger partial charge in [0.2, 0.25) is 0 Å². The van der Waals surface area contributed by atoms with Crippen molar-refractivity contribution >= 4 is 22.6 Å². The monoisotopic (exact) mass is 197 g/mol. The highest BCUT2D eigenvalue weighted by Crippen LogP contribution is 1.90. The highest BCUT2D eigenvalue weighted by molar-refractivity contribution is 14.1. The van der Waals surface area contributed by atoms with Crippen LogP contribution in [0, 0.1) is 3.90 Å². The Balaban J connectivity index is 3.05. The van der Waals surface area contributed by atoms with E-state index in [-0.39, 0.29) is 0 Å². The van der Waals surface area contributed by atoms with Crippen molar-refractivity contribution in [2.24, 2.45) is 0 Å². The maximum absolute atomic E-state index is 4.35. The second kappa shape index (κ2) is 1.50. The lowest BCUT2D eigenvalue weighted by Crippen LogP contribution is -1.66. The second-order valence-corrected chi connectivity index (χ2v) is 1.54. The molecule has 1 aromatic rings. The van der Waals surface area contributed by atoms with E-state index >= 15 is 0 Å². The van der Waals surface area contributed by atoms with Crippen LogP contribution in [0.2, 0.25) is 0 Å². The zero-order valence-corrected chi connectivity index (χ0v) is 4.79. The summed E-state index contributed by atoms with van der Waals surface area (Å²) < 4.78 is 4.81. The molecule has 0 saturated carbocycles. The minimum Gasteiger partial charge on any atom is -0.309 e. The molecule has 6 heavy (non-hydrogen) atoms. The van der Waals surface area contributed by atoms with Crippen LogP contribution >= 0.6 is 22.6 Å². The van der Waals surface area contributed by atoms with Crippen LogP contribution in [-0.2, 0) is 0 Å². The van der Waals surface area contributed by atoms with Gasteiger partial charge in [0.15, 0.2) is 0 Å². The van der Waals surface area contributed by atoms with Crippen molar-refractivity contribution in [2.75, 3.05) is 0 Å². The van der Waals surface area contributed by atoms with E-state index in [1.54, 1.807) is 0 Å². The number of aromatic nitrogens is 3. The van der Waals surface area contributed by atoms with E-state index in [0.29, 0.717) is 3.90 Å². The minimum absolute atomic E-state index is 0.465. The van der Waals surface area contributed by atoms with Crippen LogP contribution in [-0.4, -0.2) is 15.6 Å². The van der Waals surface area contributed by atoms with E-state index in [4.69, 9.17) is 0 Å². The summed E-state index contributed by atoms with van der Waals surface area (Å²) in [6.07, 6.45) is 0. The summed E-state index contributed by atoms with van der Waals surface area (Å²) in [7, 11) is 0. The summed E-state index contributed by atoms with van der Waals surface area (Å²) in [5, 5.41) is 9.60. The van der Waals surface area contributed by atoms with Gasteiger partial charge in [0.25, 0.3) is 0 Å². The third-order valence-corrected chi connectivity index (χ3v) is 0.689.